The molecule has 0 unspecified atom stereocenters. The van der Waals surface area contributed by atoms with Crippen LogP contribution < -0.4 is 15.5 Å². The van der Waals surface area contributed by atoms with Crippen molar-refractivity contribution in [3.8, 4) is 0 Å². The van der Waals surface area contributed by atoms with Gasteiger partial charge < -0.3 is 20.3 Å². The standard InChI is InChI=1S/C20H35FN4O/c1-5-22-20(23-13-9-10-14-26-8-4)24-16-17-11-12-19(18(21)15-17)25(6-2)7-3/h11-12,15H,5-10,13-14,16H2,1-4H3,(H2,22,23,24). The largest absolute Gasteiger partial charge is 0.382 e. The van der Waals surface area contributed by atoms with Gasteiger partial charge in [0.05, 0.1) is 12.2 Å². The first-order valence-corrected chi connectivity index (χ1v) is 9.79. The van der Waals surface area contributed by atoms with Crippen molar-refractivity contribution in [2.45, 2.75) is 47.1 Å². The second-order valence-electron chi connectivity index (χ2n) is 5.98. The molecule has 0 amide bonds. The summed E-state index contributed by atoms with van der Waals surface area (Å²) in [6.07, 6.45) is 2.05. The van der Waals surface area contributed by atoms with Crippen LogP contribution in [0.5, 0.6) is 0 Å². The van der Waals surface area contributed by atoms with Crippen molar-refractivity contribution in [1.29, 1.82) is 0 Å². The van der Waals surface area contributed by atoms with E-state index >= 15 is 0 Å². The van der Waals surface area contributed by atoms with Crippen LogP contribution in [0.3, 0.4) is 0 Å². The fraction of sp³-hybridized carbons (Fsp3) is 0.650. The van der Waals surface area contributed by atoms with Gasteiger partial charge in [-0.25, -0.2) is 9.38 Å². The summed E-state index contributed by atoms with van der Waals surface area (Å²) >= 11 is 0. The highest BCUT2D eigenvalue weighted by Gasteiger charge is 2.09. The van der Waals surface area contributed by atoms with E-state index in [9.17, 15) is 4.39 Å². The Morgan fingerprint density at radius 2 is 1.88 bits per heavy atom. The molecule has 0 aliphatic carbocycles. The van der Waals surface area contributed by atoms with Crippen molar-refractivity contribution in [2.75, 3.05) is 44.3 Å². The molecule has 6 heteroatoms. The zero-order chi connectivity index (χ0) is 19.2. The molecule has 0 fully saturated rings. The number of hydrogen-bond acceptors (Lipinski definition) is 3. The molecule has 1 aromatic carbocycles. The summed E-state index contributed by atoms with van der Waals surface area (Å²) in [6, 6.07) is 5.38. The lowest BCUT2D eigenvalue weighted by Crippen LogP contribution is -2.37. The molecule has 2 N–H and O–H groups in total. The topological polar surface area (TPSA) is 48.9 Å². The van der Waals surface area contributed by atoms with Crippen LogP contribution >= 0.6 is 0 Å². The minimum Gasteiger partial charge on any atom is -0.382 e. The van der Waals surface area contributed by atoms with E-state index in [1.54, 1.807) is 6.07 Å². The molecular weight excluding hydrogens is 331 g/mol. The summed E-state index contributed by atoms with van der Waals surface area (Å²) < 4.78 is 19.7. The Morgan fingerprint density at radius 1 is 1.12 bits per heavy atom. The Hall–Kier alpha value is -1.82. The van der Waals surface area contributed by atoms with Crippen molar-refractivity contribution in [3.05, 3.63) is 29.6 Å². The van der Waals surface area contributed by atoms with Crippen molar-refractivity contribution in [2.24, 2.45) is 4.99 Å². The Bertz CT molecular complexity index is 533. The molecule has 0 saturated heterocycles. The summed E-state index contributed by atoms with van der Waals surface area (Å²) in [5.74, 6) is 0.576. The molecule has 0 aromatic heterocycles. The van der Waals surface area contributed by atoms with Crippen LogP contribution in [0.25, 0.3) is 0 Å². The van der Waals surface area contributed by atoms with Crippen molar-refractivity contribution >= 4 is 11.6 Å². The van der Waals surface area contributed by atoms with Gasteiger partial charge in [-0.3, -0.25) is 0 Å². The predicted octanol–water partition coefficient (Wildman–Crippen LogP) is 3.54. The minimum atomic E-state index is -0.185. The number of ether oxygens (including phenoxy) is 1. The fourth-order valence-electron chi connectivity index (χ4n) is 2.66. The van der Waals surface area contributed by atoms with Gasteiger partial charge in [-0.2, -0.15) is 0 Å². The Balaban J connectivity index is 2.58. The number of aliphatic imine (C=N–C) groups is 1. The first kappa shape index (κ1) is 22.2. The number of nitrogens with one attached hydrogen (secondary N) is 2. The molecule has 26 heavy (non-hydrogen) atoms. The van der Waals surface area contributed by atoms with E-state index in [4.69, 9.17) is 4.74 Å². The highest BCUT2D eigenvalue weighted by Crippen LogP contribution is 2.20. The number of halogens is 1. The highest BCUT2D eigenvalue weighted by molar-refractivity contribution is 5.79. The molecule has 0 spiro atoms. The number of rotatable bonds is 12. The van der Waals surface area contributed by atoms with Gasteiger partial charge in [-0.05, 0) is 58.2 Å². The molecule has 0 aliphatic rings. The monoisotopic (exact) mass is 366 g/mol. The van der Waals surface area contributed by atoms with E-state index in [2.05, 4.69) is 15.6 Å². The van der Waals surface area contributed by atoms with Gasteiger partial charge >= 0.3 is 0 Å². The minimum absolute atomic E-state index is 0.185. The number of benzene rings is 1. The van der Waals surface area contributed by atoms with Crippen molar-refractivity contribution < 1.29 is 9.13 Å². The van der Waals surface area contributed by atoms with Gasteiger partial charge in [0.25, 0.3) is 0 Å². The average Bonchev–Trinajstić information content (AvgIpc) is 2.64. The van der Waals surface area contributed by atoms with Crippen LogP contribution in [0, 0.1) is 5.82 Å². The third-order valence-electron chi connectivity index (χ3n) is 4.09. The predicted molar refractivity (Wildman–Crippen MR) is 109 cm³/mol. The van der Waals surface area contributed by atoms with E-state index < -0.39 is 0 Å². The van der Waals surface area contributed by atoms with E-state index in [1.165, 1.54) is 0 Å². The van der Waals surface area contributed by atoms with Crippen molar-refractivity contribution in [3.63, 3.8) is 0 Å². The number of anilines is 1. The molecule has 5 nitrogen and oxygen atoms in total. The lowest BCUT2D eigenvalue weighted by atomic mass is 10.2. The molecule has 0 atom stereocenters. The Kier molecular flexibility index (Phi) is 11.4. The van der Waals surface area contributed by atoms with Gasteiger partial charge in [-0.1, -0.05) is 6.07 Å². The molecule has 1 aromatic rings. The summed E-state index contributed by atoms with van der Waals surface area (Å²) in [5.41, 5.74) is 1.52. The second kappa shape index (κ2) is 13.4. The zero-order valence-corrected chi connectivity index (χ0v) is 16.8. The summed E-state index contributed by atoms with van der Waals surface area (Å²) in [7, 11) is 0. The van der Waals surface area contributed by atoms with Gasteiger partial charge in [0.2, 0.25) is 0 Å². The maximum Gasteiger partial charge on any atom is 0.191 e. The third-order valence-corrected chi connectivity index (χ3v) is 4.09. The Morgan fingerprint density at radius 3 is 2.50 bits per heavy atom. The van der Waals surface area contributed by atoms with E-state index in [-0.39, 0.29) is 5.82 Å². The fourth-order valence-corrected chi connectivity index (χ4v) is 2.66. The van der Waals surface area contributed by atoms with Crippen LogP contribution in [0.4, 0.5) is 10.1 Å². The SMILES string of the molecule is CCNC(=NCc1ccc(N(CC)CC)c(F)c1)NCCCCOCC. The van der Waals surface area contributed by atoms with E-state index in [0.717, 1.165) is 63.8 Å². The molecule has 0 heterocycles. The third kappa shape index (κ3) is 8.04. The normalized spacial score (nSPS) is 11.5. The van der Waals surface area contributed by atoms with Crippen LogP contribution in [-0.2, 0) is 11.3 Å². The van der Waals surface area contributed by atoms with Crippen LogP contribution in [0.15, 0.2) is 23.2 Å². The summed E-state index contributed by atoms with van der Waals surface area (Å²) in [4.78, 5) is 6.57. The molecule has 0 radical (unpaired) electrons. The second-order valence-corrected chi connectivity index (χ2v) is 5.98. The highest BCUT2D eigenvalue weighted by atomic mass is 19.1. The number of guanidine groups is 1. The number of unbranched alkanes of at least 4 members (excludes halogenated alkanes) is 1. The van der Waals surface area contributed by atoms with Gasteiger partial charge in [0, 0.05) is 39.4 Å². The molecular formula is C20H35FN4O. The van der Waals surface area contributed by atoms with Crippen LogP contribution in [0.1, 0.15) is 46.1 Å². The molecule has 0 saturated carbocycles. The quantitative estimate of drug-likeness (QED) is 0.337. The number of hydrogen-bond donors (Lipinski definition) is 2. The summed E-state index contributed by atoms with van der Waals surface area (Å²) in [6.45, 7) is 13.3. The lowest BCUT2D eigenvalue weighted by molar-refractivity contribution is 0.143. The first-order valence-electron chi connectivity index (χ1n) is 9.79. The smallest absolute Gasteiger partial charge is 0.191 e. The maximum atomic E-state index is 14.4. The molecule has 0 aliphatic heterocycles. The van der Waals surface area contributed by atoms with Gasteiger partial charge in [-0.15, -0.1) is 0 Å². The molecule has 1 rings (SSSR count). The van der Waals surface area contributed by atoms with Crippen LogP contribution in [-0.4, -0.2) is 45.4 Å². The van der Waals surface area contributed by atoms with E-state index in [1.807, 2.05) is 44.7 Å². The first-order chi connectivity index (χ1) is 12.7. The summed E-state index contributed by atoms with van der Waals surface area (Å²) in [5, 5.41) is 6.53. The lowest BCUT2D eigenvalue weighted by Gasteiger charge is -2.21. The van der Waals surface area contributed by atoms with Gasteiger partial charge in [0.15, 0.2) is 5.96 Å². The Labute approximate surface area is 158 Å². The van der Waals surface area contributed by atoms with Crippen molar-refractivity contribution in [1.82, 2.24) is 10.6 Å². The molecule has 0 bridgehead atoms. The number of nitrogens with zero attached hydrogens (tertiary/aromatic N) is 2. The maximum absolute atomic E-state index is 14.4. The average molecular weight is 367 g/mol. The molecule has 148 valence electrons. The van der Waals surface area contributed by atoms with Crippen LogP contribution in [0.2, 0.25) is 0 Å². The van der Waals surface area contributed by atoms with E-state index in [0.29, 0.717) is 12.2 Å². The zero-order valence-electron chi connectivity index (χ0n) is 16.8. The van der Waals surface area contributed by atoms with Gasteiger partial charge in [0.1, 0.15) is 5.82 Å².